The third kappa shape index (κ3) is 2.68. The first-order valence-electron chi connectivity index (χ1n) is 9.43. The SMILES string of the molecule is Oc1cccc2c1c(-c1cn[nH]c1)c(C1CCOCC1)n2-c1ccc(F)cc1. The first kappa shape index (κ1) is 17.0. The first-order valence-corrected chi connectivity index (χ1v) is 9.43. The maximum Gasteiger partial charge on any atom is 0.125 e. The minimum Gasteiger partial charge on any atom is -0.507 e. The van der Waals surface area contributed by atoms with Crippen molar-refractivity contribution in [2.75, 3.05) is 13.2 Å². The van der Waals surface area contributed by atoms with Gasteiger partial charge >= 0.3 is 0 Å². The summed E-state index contributed by atoms with van der Waals surface area (Å²) < 4.78 is 21.3. The number of halogens is 1. The van der Waals surface area contributed by atoms with E-state index in [-0.39, 0.29) is 17.5 Å². The van der Waals surface area contributed by atoms with Crippen LogP contribution in [0.3, 0.4) is 0 Å². The normalized spacial score (nSPS) is 15.3. The molecule has 0 aliphatic carbocycles. The van der Waals surface area contributed by atoms with Gasteiger partial charge < -0.3 is 14.4 Å². The van der Waals surface area contributed by atoms with Crippen LogP contribution in [0, 0.1) is 5.82 Å². The van der Waals surface area contributed by atoms with Crippen molar-refractivity contribution in [2.24, 2.45) is 0 Å². The summed E-state index contributed by atoms with van der Waals surface area (Å²) in [7, 11) is 0. The molecule has 0 atom stereocenters. The maximum atomic E-state index is 13.6. The van der Waals surface area contributed by atoms with Gasteiger partial charge in [-0.15, -0.1) is 0 Å². The largest absolute Gasteiger partial charge is 0.507 e. The van der Waals surface area contributed by atoms with Crippen LogP contribution in [-0.2, 0) is 4.74 Å². The Bertz CT molecular complexity index is 1110. The maximum absolute atomic E-state index is 13.6. The lowest BCUT2D eigenvalue weighted by atomic mass is 9.90. The van der Waals surface area contributed by atoms with Crippen LogP contribution in [0.4, 0.5) is 4.39 Å². The molecule has 28 heavy (non-hydrogen) atoms. The number of fused-ring (bicyclic) bond motifs is 1. The van der Waals surface area contributed by atoms with Crippen molar-refractivity contribution in [2.45, 2.75) is 18.8 Å². The van der Waals surface area contributed by atoms with Crippen molar-refractivity contribution in [1.82, 2.24) is 14.8 Å². The summed E-state index contributed by atoms with van der Waals surface area (Å²) in [5.74, 6) is 0.212. The summed E-state index contributed by atoms with van der Waals surface area (Å²) in [5.41, 5.74) is 4.76. The molecule has 0 bridgehead atoms. The molecule has 1 fully saturated rings. The Morgan fingerprint density at radius 2 is 1.89 bits per heavy atom. The summed E-state index contributed by atoms with van der Waals surface area (Å²) in [5, 5.41) is 18.5. The highest BCUT2D eigenvalue weighted by Crippen LogP contribution is 2.45. The van der Waals surface area contributed by atoms with E-state index in [1.807, 2.05) is 18.3 Å². The van der Waals surface area contributed by atoms with Crippen LogP contribution in [0.15, 0.2) is 54.9 Å². The summed E-state index contributed by atoms with van der Waals surface area (Å²) in [4.78, 5) is 0. The van der Waals surface area contributed by atoms with Gasteiger partial charge in [0.05, 0.1) is 17.1 Å². The van der Waals surface area contributed by atoms with Crippen LogP contribution in [-0.4, -0.2) is 33.1 Å². The fourth-order valence-corrected chi connectivity index (χ4v) is 4.25. The molecule has 3 heterocycles. The Morgan fingerprint density at radius 1 is 1.11 bits per heavy atom. The predicted octanol–water partition coefficient (Wildman–Crippen LogP) is 4.76. The number of nitrogens with zero attached hydrogens (tertiary/aromatic N) is 2. The quantitative estimate of drug-likeness (QED) is 0.541. The number of hydrogen-bond acceptors (Lipinski definition) is 3. The van der Waals surface area contributed by atoms with Gasteiger partial charge in [0.2, 0.25) is 0 Å². The predicted molar refractivity (Wildman–Crippen MR) is 105 cm³/mol. The topological polar surface area (TPSA) is 63.1 Å². The van der Waals surface area contributed by atoms with Gasteiger partial charge in [0.1, 0.15) is 11.6 Å². The number of phenols is 1. The van der Waals surface area contributed by atoms with Gasteiger partial charge in [-0.3, -0.25) is 5.10 Å². The van der Waals surface area contributed by atoms with Crippen molar-refractivity contribution in [1.29, 1.82) is 0 Å². The monoisotopic (exact) mass is 377 g/mol. The van der Waals surface area contributed by atoms with Gasteiger partial charge in [-0.1, -0.05) is 6.07 Å². The molecule has 5 rings (SSSR count). The number of benzene rings is 2. The minimum absolute atomic E-state index is 0.225. The summed E-state index contributed by atoms with van der Waals surface area (Å²) in [6, 6.07) is 12.0. The number of aromatic amines is 1. The molecule has 2 N–H and O–H groups in total. The molecule has 0 amide bonds. The zero-order valence-electron chi connectivity index (χ0n) is 15.2. The molecule has 5 nitrogen and oxygen atoms in total. The standard InChI is InChI=1S/C22H20FN3O2/c23-16-4-6-17(7-5-16)26-18-2-1-3-19(27)21(18)20(15-12-24-25-13-15)22(26)14-8-10-28-11-9-14/h1-7,12-14,27H,8-11H2,(H,24,25). The summed E-state index contributed by atoms with van der Waals surface area (Å²) in [6.45, 7) is 1.40. The summed E-state index contributed by atoms with van der Waals surface area (Å²) in [6.07, 6.45) is 5.41. The number of phenolic OH excluding ortho intramolecular Hbond substituents is 1. The van der Waals surface area contributed by atoms with Crippen LogP contribution >= 0.6 is 0 Å². The van der Waals surface area contributed by atoms with E-state index in [0.717, 1.165) is 46.3 Å². The number of rotatable bonds is 3. The fraction of sp³-hybridized carbons (Fsp3) is 0.227. The zero-order valence-corrected chi connectivity index (χ0v) is 15.2. The average Bonchev–Trinajstić information content (AvgIpc) is 3.36. The molecule has 0 spiro atoms. The third-order valence-electron chi connectivity index (χ3n) is 5.49. The lowest BCUT2D eigenvalue weighted by molar-refractivity contribution is 0.0844. The van der Waals surface area contributed by atoms with Crippen LogP contribution < -0.4 is 0 Å². The Hall–Kier alpha value is -3.12. The lowest BCUT2D eigenvalue weighted by Gasteiger charge is -2.25. The number of hydrogen-bond donors (Lipinski definition) is 2. The van der Waals surface area contributed by atoms with Crippen molar-refractivity contribution >= 4 is 10.9 Å². The zero-order chi connectivity index (χ0) is 19.1. The molecule has 0 radical (unpaired) electrons. The number of H-pyrrole nitrogens is 1. The van der Waals surface area contributed by atoms with E-state index in [0.29, 0.717) is 13.2 Å². The van der Waals surface area contributed by atoms with Gasteiger partial charge in [0, 0.05) is 47.8 Å². The van der Waals surface area contributed by atoms with Crippen molar-refractivity contribution in [3.63, 3.8) is 0 Å². The van der Waals surface area contributed by atoms with Gasteiger partial charge in [0.15, 0.2) is 0 Å². The molecule has 2 aromatic heterocycles. The minimum atomic E-state index is -0.272. The van der Waals surface area contributed by atoms with Gasteiger partial charge in [-0.05, 0) is 49.2 Å². The molecule has 1 saturated heterocycles. The molecule has 0 unspecified atom stereocenters. The van der Waals surface area contributed by atoms with E-state index in [9.17, 15) is 9.50 Å². The van der Waals surface area contributed by atoms with E-state index in [2.05, 4.69) is 14.8 Å². The van der Waals surface area contributed by atoms with Crippen molar-refractivity contribution in [3.8, 4) is 22.6 Å². The molecule has 142 valence electrons. The number of aromatic hydroxyl groups is 1. The number of aromatic nitrogens is 3. The van der Waals surface area contributed by atoms with E-state index < -0.39 is 0 Å². The Morgan fingerprint density at radius 3 is 2.61 bits per heavy atom. The Kier molecular flexibility index (Phi) is 4.13. The van der Waals surface area contributed by atoms with E-state index >= 15 is 0 Å². The van der Waals surface area contributed by atoms with Gasteiger partial charge in [0.25, 0.3) is 0 Å². The van der Waals surface area contributed by atoms with Crippen LogP contribution in [0.2, 0.25) is 0 Å². The summed E-state index contributed by atoms with van der Waals surface area (Å²) >= 11 is 0. The first-order chi connectivity index (χ1) is 13.7. The highest BCUT2D eigenvalue weighted by atomic mass is 19.1. The second-order valence-corrected chi connectivity index (χ2v) is 7.12. The number of ether oxygens (including phenoxy) is 1. The lowest BCUT2D eigenvalue weighted by Crippen LogP contribution is -2.17. The van der Waals surface area contributed by atoms with Crippen LogP contribution in [0.25, 0.3) is 27.7 Å². The van der Waals surface area contributed by atoms with Crippen LogP contribution in [0.1, 0.15) is 24.5 Å². The molecule has 4 aromatic rings. The van der Waals surface area contributed by atoms with E-state index in [1.165, 1.54) is 12.1 Å². The fourth-order valence-electron chi connectivity index (χ4n) is 4.25. The Balaban J connectivity index is 1.89. The average molecular weight is 377 g/mol. The Labute approximate surface area is 161 Å². The highest BCUT2D eigenvalue weighted by molar-refractivity contribution is 6.03. The molecule has 6 heteroatoms. The van der Waals surface area contributed by atoms with E-state index in [1.54, 1.807) is 24.4 Å². The highest BCUT2D eigenvalue weighted by Gasteiger charge is 2.29. The third-order valence-corrected chi connectivity index (χ3v) is 5.49. The smallest absolute Gasteiger partial charge is 0.125 e. The molecular weight excluding hydrogens is 357 g/mol. The van der Waals surface area contributed by atoms with E-state index in [4.69, 9.17) is 4.74 Å². The van der Waals surface area contributed by atoms with Gasteiger partial charge in [-0.25, -0.2) is 4.39 Å². The second-order valence-electron chi connectivity index (χ2n) is 7.12. The number of nitrogens with one attached hydrogen (secondary N) is 1. The molecule has 1 aliphatic heterocycles. The molecule has 0 saturated carbocycles. The molecular formula is C22H20FN3O2. The molecule has 1 aliphatic rings. The van der Waals surface area contributed by atoms with Crippen LogP contribution in [0.5, 0.6) is 5.75 Å². The molecule has 2 aromatic carbocycles. The second kappa shape index (κ2) is 6.80. The van der Waals surface area contributed by atoms with Crippen molar-refractivity contribution < 1.29 is 14.2 Å². The van der Waals surface area contributed by atoms with Crippen molar-refractivity contribution in [3.05, 3.63) is 66.4 Å². The van der Waals surface area contributed by atoms with Gasteiger partial charge in [-0.2, -0.15) is 5.10 Å².